The van der Waals surface area contributed by atoms with E-state index in [0.29, 0.717) is 11.9 Å². The summed E-state index contributed by atoms with van der Waals surface area (Å²) in [5, 5.41) is 0. The molecule has 2 aliphatic rings. The first-order valence-electron chi connectivity index (χ1n) is 8.80. The third-order valence-corrected chi connectivity index (χ3v) is 5.50. The molecule has 2 aliphatic heterocycles. The number of piperazine rings is 1. The number of aromatic nitrogens is 2. The predicted octanol–water partition coefficient (Wildman–Crippen LogP) is 2.01. The third-order valence-electron chi connectivity index (χ3n) is 5.09. The fourth-order valence-electron chi connectivity index (χ4n) is 3.51. The predicted molar refractivity (Wildman–Crippen MR) is 98.0 cm³/mol. The van der Waals surface area contributed by atoms with Crippen LogP contribution in [0.25, 0.3) is 0 Å². The van der Waals surface area contributed by atoms with Gasteiger partial charge in [-0.3, -0.25) is 9.69 Å². The zero-order valence-electron chi connectivity index (χ0n) is 14.5. The number of hydrogen-bond donors (Lipinski definition) is 0. The minimum Gasteiger partial charge on any atom is -0.341 e. The highest BCUT2D eigenvalue weighted by Crippen LogP contribution is 2.23. The Balaban J connectivity index is 1.49. The van der Waals surface area contributed by atoms with Crippen LogP contribution >= 0.6 is 15.9 Å². The van der Waals surface area contributed by atoms with Crippen LogP contribution < -0.4 is 4.90 Å². The Hall–Kier alpha value is -1.21. The Morgan fingerprint density at radius 2 is 1.67 bits per heavy atom. The van der Waals surface area contributed by atoms with Gasteiger partial charge in [-0.05, 0) is 42.6 Å². The van der Waals surface area contributed by atoms with Crippen molar-refractivity contribution in [2.45, 2.75) is 32.7 Å². The summed E-state index contributed by atoms with van der Waals surface area (Å²) < 4.78 is 0.886. The van der Waals surface area contributed by atoms with E-state index in [4.69, 9.17) is 0 Å². The summed E-state index contributed by atoms with van der Waals surface area (Å²) in [5.41, 5.74) is 0. The van der Waals surface area contributed by atoms with E-state index in [1.807, 2.05) is 0 Å². The lowest BCUT2D eigenvalue weighted by molar-refractivity contribution is -0.138. The second kappa shape index (κ2) is 7.78. The number of carbonyl (C=O) groups is 1. The third kappa shape index (κ3) is 4.06. The number of piperidine rings is 1. The normalized spacial score (nSPS) is 20.7. The summed E-state index contributed by atoms with van der Waals surface area (Å²) in [6.07, 6.45) is 5.33. The van der Waals surface area contributed by atoms with E-state index in [0.717, 1.165) is 62.5 Å². The highest BCUT2D eigenvalue weighted by molar-refractivity contribution is 9.10. The second-order valence-corrected chi connectivity index (χ2v) is 7.83. The van der Waals surface area contributed by atoms with E-state index in [1.54, 1.807) is 12.4 Å². The average Bonchev–Trinajstić information content (AvgIpc) is 2.62. The van der Waals surface area contributed by atoms with Crippen molar-refractivity contribution in [2.75, 3.05) is 44.2 Å². The lowest BCUT2D eigenvalue weighted by Crippen LogP contribution is -2.53. The summed E-state index contributed by atoms with van der Waals surface area (Å²) in [5.74, 6) is 1.26. The largest absolute Gasteiger partial charge is 0.341 e. The van der Waals surface area contributed by atoms with Crippen LogP contribution in [0.2, 0.25) is 0 Å². The van der Waals surface area contributed by atoms with Crippen LogP contribution in [0.4, 0.5) is 5.95 Å². The maximum atomic E-state index is 12.8. The van der Waals surface area contributed by atoms with Crippen LogP contribution in [0.3, 0.4) is 0 Å². The van der Waals surface area contributed by atoms with Crippen LogP contribution in [0.15, 0.2) is 16.9 Å². The second-order valence-electron chi connectivity index (χ2n) is 6.92. The molecule has 3 rings (SSSR count). The van der Waals surface area contributed by atoms with Gasteiger partial charge in [-0.2, -0.15) is 0 Å². The van der Waals surface area contributed by atoms with Gasteiger partial charge in [0.15, 0.2) is 0 Å². The van der Waals surface area contributed by atoms with Gasteiger partial charge in [0.2, 0.25) is 11.9 Å². The van der Waals surface area contributed by atoms with Crippen molar-refractivity contribution < 1.29 is 4.79 Å². The minimum absolute atomic E-state index is 0.155. The van der Waals surface area contributed by atoms with Gasteiger partial charge in [0, 0.05) is 63.6 Å². The van der Waals surface area contributed by atoms with Crippen LogP contribution in [-0.4, -0.2) is 71.0 Å². The van der Waals surface area contributed by atoms with E-state index in [9.17, 15) is 4.79 Å². The summed E-state index contributed by atoms with van der Waals surface area (Å²) in [4.78, 5) is 28.2. The smallest absolute Gasteiger partial charge is 0.225 e. The van der Waals surface area contributed by atoms with Crippen LogP contribution in [0, 0.1) is 5.92 Å². The Morgan fingerprint density at radius 3 is 2.21 bits per heavy atom. The number of hydrogen-bond acceptors (Lipinski definition) is 5. The summed E-state index contributed by atoms with van der Waals surface area (Å²) in [7, 11) is 0. The monoisotopic (exact) mass is 395 g/mol. The maximum absolute atomic E-state index is 12.8. The fourth-order valence-corrected chi connectivity index (χ4v) is 3.72. The molecule has 0 unspecified atom stereocenters. The average molecular weight is 396 g/mol. The highest BCUT2D eigenvalue weighted by Gasteiger charge is 2.31. The Labute approximate surface area is 152 Å². The molecule has 0 saturated carbocycles. The lowest BCUT2D eigenvalue weighted by Gasteiger charge is -2.39. The molecule has 0 N–H and O–H groups in total. The van der Waals surface area contributed by atoms with Crippen molar-refractivity contribution in [2.24, 2.45) is 5.92 Å². The van der Waals surface area contributed by atoms with Gasteiger partial charge < -0.3 is 9.80 Å². The van der Waals surface area contributed by atoms with Gasteiger partial charge in [0.05, 0.1) is 4.47 Å². The number of nitrogens with zero attached hydrogens (tertiary/aromatic N) is 5. The van der Waals surface area contributed by atoms with Crippen molar-refractivity contribution in [1.29, 1.82) is 0 Å². The van der Waals surface area contributed by atoms with E-state index in [1.165, 1.54) is 0 Å². The van der Waals surface area contributed by atoms with Gasteiger partial charge in [-0.25, -0.2) is 9.97 Å². The van der Waals surface area contributed by atoms with Gasteiger partial charge in [-0.15, -0.1) is 0 Å². The quantitative estimate of drug-likeness (QED) is 0.783. The molecule has 1 aromatic heterocycles. The zero-order valence-corrected chi connectivity index (χ0v) is 16.1. The first kappa shape index (κ1) is 17.6. The molecule has 3 heterocycles. The molecule has 0 atom stereocenters. The number of carbonyl (C=O) groups excluding carboxylic acids is 1. The highest BCUT2D eigenvalue weighted by atomic mass is 79.9. The molecule has 1 amide bonds. The lowest BCUT2D eigenvalue weighted by atomic mass is 9.95. The molecule has 6 nitrogen and oxygen atoms in total. The fraction of sp³-hybridized carbons (Fsp3) is 0.706. The molecular weight excluding hydrogens is 370 g/mol. The molecule has 2 fully saturated rings. The molecule has 0 aromatic carbocycles. The molecule has 7 heteroatoms. The topological polar surface area (TPSA) is 52.6 Å². The Morgan fingerprint density at radius 1 is 1.08 bits per heavy atom. The summed E-state index contributed by atoms with van der Waals surface area (Å²) >= 11 is 3.36. The van der Waals surface area contributed by atoms with Crippen molar-refractivity contribution in [3.63, 3.8) is 0 Å². The minimum atomic E-state index is 0.155. The number of anilines is 1. The van der Waals surface area contributed by atoms with E-state index < -0.39 is 0 Å². The molecule has 132 valence electrons. The van der Waals surface area contributed by atoms with Crippen molar-refractivity contribution in [3.8, 4) is 0 Å². The molecule has 0 bridgehead atoms. The van der Waals surface area contributed by atoms with Crippen molar-refractivity contribution >= 4 is 27.8 Å². The van der Waals surface area contributed by atoms with Crippen LogP contribution in [-0.2, 0) is 4.79 Å². The van der Waals surface area contributed by atoms with Crippen LogP contribution in [0.5, 0.6) is 0 Å². The Bertz CT molecular complexity index is 549. The first-order chi connectivity index (χ1) is 11.5. The standard InChI is InChI=1S/C17H26BrN5O/c1-13(2)21-7-9-22(10-8-21)16(24)14-3-5-23(6-4-14)17-19-11-15(18)12-20-17/h11-14H,3-10H2,1-2H3. The van der Waals surface area contributed by atoms with Crippen molar-refractivity contribution in [1.82, 2.24) is 19.8 Å². The Kier molecular flexibility index (Phi) is 5.71. The van der Waals surface area contributed by atoms with E-state index in [2.05, 4.69) is 54.4 Å². The molecule has 24 heavy (non-hydrogen) atoms. The van der Waals surface area contributed by atoms with Gasteiger partial charge in [0.1, 0.15) is 0 Å². The van der Waals surface area contributed by atoms with Gasteiger partial charge in [-0.1, -0.05) is 0 Å². The molecular formula is C17H26BrN5O. The summed E-state index contributed by atoms with van der Waals surface area (Å²) in [6, 6.07) is 0.566. The van der Waals surface area contributed by atoms with Crippen LogP contribution in [0.1, 0.15) is 26.7 Å². The first-order valence-corrected chi connectivity index (χ1v) is 9.59. The summed E-state index contributed by atoms with van der Waals surface area (Å²) in [6.45, 7) is 9.87. The number of rotatable bonds is 3. The molecule has 0 radical (unpaired) electrons. The van der Waals surface area contributed by atoms with E-state index >= 15 is 0 Å². The number of amides is 1. The number of halogens is 1. The van der Waals surface area contributed by atoms with Gasteiger partial charge in [0.25, 0.3) is 0 Å². The van der Waals surface area contributed by atoms with Crippen molar-refractivity contribution in [3.05, 3.63) is 16.9 Å². The maximum Gasteiger partial charge on any atom is 0.225 e. The molecule has 0 aliphatic carbocycles. The molecule has 1 aromatic rings. The van der Waals surface area contributed by atoms with E-state index in [-0.39, 0.29) is 5.92 Å². The SMILES string of the molecule is CC(C)N1CCN(C(=O)C2CCN(c3ncc(Br)cn3)CC2)CC1. The molecule has 0 spiro atoms. The van der Waals surface area contributed by atoms with Gasteiger partial charge >= 0.3 is 0 Å². The molecule has 2 saturated heterocycles. The zero-order chi connectivity index (χ0) is 17.1.